The standard InChI is InChI=1S/C21H27NO2/c1-21(2,3)24-19-14-12-18(13-15-19)23-20-11-7-8-16-22(20)17-9-5-4-6-10-17/h4-6,9-10,12-15,20H,7-8,11,16H2,1-3H3. The third-order valence-corrected chi connectivity index (χ3v) is 4.06. The zero-order chi connectivity index (χ0) is 17.0. The average Bonchev–Trinajstić information content (AvgIpc) is 2.57. The van der Waals surface area contributed by atoms with Gasteiger partial charge in [0.1, 0.15) is 17.1 Å². The molecule has 2 aromatic rings. The molecule has 24 heavy (non-hydrogen) atoms. The van der Waals surface area contributed by atoms with Gasteiger partial charge in [-0.2, -0.15) is 0 Å². The molecule has 128 valence electrons. The number of benzene rings is 2. The van der Waals surface area contributed by atoms with Crippen molar-refractivity contribution in [2.24, 2.45) is 0 Å². The number of para-hydroxylation sites is 1. The van der Waals surface area contributed by atoms with Crippen molar-refractivity contribution in [3.05, 3.63) is 54.6 Å². The maximum absolute atomic E-state index is 6.28. The van der Waals surface area contributed by atoms with Crippen LogP contribution in [0.25, 0.3) is 0 Å². The predicted octanol–water partition coefficient (Wildman–Crippen LogP) is 5.26. The lowest BCUT2D eigenvalue weighted by atomic mass is 10.1. The number of anilines is 1. The summed E-state index contributed by atoms with van der Waals surface area (Å²) >= 11 is 0. The summed E-state index contributed by atoms with van der Waals surface area (Å²) in [7, 11) is 0. The molecule has 3 rings (SSSR count). The van der Waals surface area contributed by atoms with Crippen LogP contribution >= 0.6 is 0 Å². The summed E-state index contributed by atoms with van der Waals surface area (Å²) in [5, 5.41) is 0. The maximum atomic E-state index is 6.28. The minimum absolute atomic E-state index is 0.0931. The van der Waals surface area contributed by atoms with E-state index in [0.29, 0.717) is 0 Å². The van der Waals surface area contributed by atoms with Gasteiger partial charge in [0, 0.05) is 18.7 Å². The van der Waals surface area contributed by atoms with Crippen LogP contribution in [0.1, 0.15) is 40.0 Å². The van der Waals surface area contributed by atoms with Crippen molar-refractivity contribution in [2.75, 3.05) is 11.4 Å². The Morgan fingerprint density at radius 1 is 0.875 bits per heavy atom. The van der Waals surface area contributed by atoms with Crippen LogP contribution in [-0.2, 0) is 0 Å². The second kappa shape index (κ2) is 7.16. The molecule has 0 N–H and O–H groups in total. The number of nitrogens with zero attached hydrogens (tertiary/aromatic N) is 1. The Morgan fingerprint density at radius 3 is 2.21 bits per heavy atom. The van der Waals surface area contributed by atoms with Crippen molar-refractivity contribution < 1.29 is 9.47 Å². The van der Waals surface area contributed by atoms with Crippen LogP contribution in [-0.4, -0.2) is 18.4 Å². The van der Waals surface area contributed by atoms with Gasteiger partial charge in [-0.3, -0.25) is 0 Å². The van der Waals surface area contributed by atoms with E-state index in [-0.39, 0.29) is 11.8 Å². The minimum Gasteiger partial charge on any atom is -0.488 e. The third-order valence-electron chi connectivity index (χ3n) is 4.06. The van der Waals surface area contributed by atoms with Crippen molar-refractivity contribution in [3.63, 3.8) is 0 Å². The Balaban J connectivity index is 1.69. The SMILES string of the molecule is CC(C)(C)Oc1ccc(OC2CCCCN2c2ccccc2)cc1. The molecule has 0 saturated carbocycles. The van der Waals surface area contributed by atoms with Gasteiger partial charge in [-0.25, -0.2) is 0 Å². The maximum Gasteiger partial charge on any atom is 0.172 e. The number of piperidine rings is 1. The van der Waals surface area contributed by atoms with Crippen molar-refractivity contribution in [1.29, 1.82) is 0 Å². The van der Waals surface area contributed by atoms with Gasteiger partial charge in [0.2, 0.25) is 0 Å². The molecule has 0 amide bonds. The third kappa shape index (κ3) is 4.44. The molecule has 1 aliphatic rings. The van der Waals surface area contributed by atoms with Gasteiger partial charge in [-0.15, -0.1) is 0 Å². The normalized spacial score (nSPS) is 18.3. The molecular weight excluding hydrogens is 298 g/mol. The van der Waals surface area contributed by atoms with Crippen molar-refractivity contribution in [3.8, 4) is 11.5 Å². The first-order valence-electron chi connectivity index (χ1n) is 8.79. The van der Waals surface area contributed by atoms with Gasteiger partial charge in [0.05, 0.1) is 0 Å². The van der Waals surface area contributed by atoms with E-state index in [2.05, 4.69) is 56.0 Å². The number of hydrogen-bond acceptors (Lipinski definition) is 3. The topological polar surface area (TPSA) is 21.7 Å². The van der Waals surface area contributed by atoms with Gasteiger partial charge in [0.25, 0.3) is 0 Å². The Kier molecular flexibility index (Phi) is 4.98. The van der Waals surface area contributed by atoms with Crippen LogP contribution in [0.15, 0.2) is 54.6 Å². The van der Waals surface area contributed by atoms with Crippen molar-refractivity contribution >= 4 is 5.69 Å². The van der Waals surface area contributed by atoms with Crippen LogP contribution in [0.5, 0.6) is 11.5 Å². The van der Waals surface area contributed by atoms with Gasteiger partial charge in [0.15, 0.2) is 6.23 Å². The van der Waals surface area contributed by atoms with Gasteiger partial charge in [-0.05, 0) is 70.0 Å². The molecule has 0 bridgehead atoms. The number of rotatable bonds is 4. The van der Waals surface area contributed by atoms with Crippen molar-refractivity contribution in [1.82, 2.24) is 0 Å². The highest BCUT2D eigenvalue weighted by Gasteiger charge is 2.24. The summed E-state index contributed by atoms with van der Waals surface area (Å²) in [6.07, 6.45) is 3.57. The fourth-order valence-corrected chi connectivity index (χ4v) is 3.04. The highest BCUT2D eigenvalue weighted by molar-refractivity contribution is 5.47. The molecular formula is C21H27NO2. The predicted molar refractivity (Wildman–Crippen MR) is 98.9 cm³/mol. The monoisotopic (exact) mass is 325 g/mol. The molecule has 1 heterocycles. The van der Waals surface area contributed by atoms with E-state index in [4.69, 9.17) is 9.47 Å². The molecule has 1 fully saturated rings. The smallest absolute Gasteiger partial charge is 0.172 e. The van der Waals surface area contributed by atoms with Crippen LogP contribution < -0.4 is 14.4 Å². The average molecular weight is 325 g/mol. The summed E-state index contributed by atoms with van der Waals surface area (Å²) in [4.78, 5) is 2.36. The first kappa shape index (κ1) is 16.7. The highest BCUT2D eigenvalue weighted by Crippen LogP contribution is 2.28. The van der Waals surface area contributed by atoms with E-state index < -0.39 is 0 Å². The Hall–Kier alpha value is -2.16. The van der Waals surface area contributed by atoms with E-state index in [1.54, 1.807) is 0 Å². The van der Waals surface area contributed by atoms with Crippen LogP contribution in [0.3, 0.4) is 0 Å². The lowest BCUT2D eigenvalue weighted by Gasteiger charge is -2.37. The molecule has 3 nitrogen and oxygen atoms in total. The van der Waals surface area contributed by atoms with Gasteiger partial charge < -0.3 is 14.4 Å². The molecule has 0 radical (unpaired) electrons. The first-order valence-corrected chi connectivity index (χ1v) is 8.79. The fraction of sp³-hybridized carbons (Fsp3) is 0.429. The minimum atomic E-state index is -0.185. The summed E-state index contributed by atoms with van der Waals surface area (Å²) in [5.41, 5.74) is 1.05. The highest BCUT2D eigenvalue weighted by atomic mass is 16.5. The van der Waals surface area contributed by atoms with E-state index in [1.807, 2.05) is 24.3 Å². The van der Waals surface area contributed by atoms with Crippen LogP contribution in [0.2, 0.25) is 0 Å². The van der Waals surface area contributed by atoms with E-state index in [1.165, 1.54) is 18.5 Å². The van der Waals surface area contributed by atoms with E-state index in [0.717, 1.165) is 24.5 Å². The van der Waals surface area contributed by atoms with Crippen LogP contribution in [0.4, 0.5) is 5.69 Å². The van der Waals surface area contributed by atoms with E-state index >= 15 is 0 Å². The first-order chi connectivity index (χ1) is 11.5. The molecule has 0 spiro atoms. The zero-order valence-corrected chi connectivity index (χ0v) is 14.9. The number of hydrogen-bond donors (Lipinski definition) is 0. The Morgan fingerprint density at radius 2 is 1.54 bits per heavy atom. The second-order valence-corrected chi connectivity index (χ2v) is 7.28. The zero-order valence-electron chi connectivity index (χ0n) is 14.9. The lowest BCUT2D eigenvalue weighted by molar-refractivity contribution is 0.130. The summed E-state index contributed by atoms with van der Waals surface area (Å²) < 4.78 is 12.1. The molecule has 1 unspecified atom stereocenters. The summed E-state index contributed by atoms with van der Waals surface area (Å²) in [6.45, 7) is 7.20. The van der Waals surface area contributed by atoms with Gasteiger partial charge >= 0.3 is 0 Å². The largest absolute Gasteiger partial charge is 0.488 e. The molecule has 3 heteroatoms. The molecule has 1 atom stereocenters. The molecule has 2 aromatic carbocycles. The second-order valence-electron chi connectivity index (χ2n) is 7.28. The summed E-state index contributed by atoms with van der Waals surface area (Å²) in [6, 6.07) is 18.5. The fourth-order valence-electron chi connectivity index (χ4n) is 3.04. The molecule has 0 aliphatic carbocycles. The van der Waals surface area contributed by atoms with Gasteiger partial charge in [-0.1, -0.05) is 18.2 Å². The van der Waals surface area contributed by atoms with Crippen LogP contribution in [0, 0.1) is 0 Å². The number of ether oxygens (including phenoxy) is 2. The molecule has 1 aliphatic heterocycles. The Labute approximate surface area is 145 Å². The molecule has 0 aromatic heterocycles. The molecule has 1 saturated heterocycles. The quantitative estimate of drug-likeness (QED) is 0.765. The Bertz CT molecular complexity index is 631. The van der Waals surface area contributed by atoms with E-state index in [9.17, 15) is 0 Å². The lowest BCUT2D eigenvalue weighted by Crippen LogP contribution is -2.43. The van der Waals surface area contributed by atoms with Crippen molar-refractivity contribution in [2.45, 2.75) is 51.9 Å². The summed E-state index contributed by atoms with van der Waals surface area (Å²) in [5.74, 6) is 1.77.